The Morgan fingerprint density at radius 2 is 1.77 bits per heavy atom. The van der Waals surface area contributed by atoms with Gasteiger partial charge in [-0.1, -0.05) is 20.8 Å². The van der Waals surface area contributed by atoms with Crippen molar-refractivity contribution in [3.05, 3.63) is 0 Å². The molecule has 9 heteroatoms. The first-order valence-corrected chi connectivity index (χ1v) is 10.9. The van der Waals surface area contributed by atoms with E-state index in [4.69, 9.17) is 4.74 Å². The Kier molecular flexibility index (Phi) is 6.29. The smallest absolute Gasteiger partial charge is 0.409 e. The minimum atomic E-state index is -0.905. The van der Waals surface area contributed by atoms with Crippen molar-refractivity contribution >= 4 is 23.9 Å². The topological polar surface area (TPSA) is 99.3 Å². The average Bonchev–Trinajstić information content (AvgIpc) is 2.83. The maximum Gasteiger partial charge on any atom is 0.409 e. The van der Waals surface area contributed by atoms with E-state index in [2.05, 4.69) is 26.1 Å². The Morgan fingerprint density at radius 3 is 2.43 bits per heavy atom. The Labute approximate surface area is 178 Å². The summed E-state index contributed by atoms with van der Waals surface area (Å²) in [6.45, 7) is 9.86. The summed E-state index contributed by atoms with van der Waals surface area (Å²) in [6.07, 6.45) is 2.43. The van der Waals surface area contributed by atoms with Crippen LogP contribution < -0.4 is 5.32 Å². The molecule has 1 N–H and O–H groups in total. The first-order chi connectivity index (χ1) is 14.1. The Balaban J connectivity index is 1.63. The summed E-state index contributed by atoms with van der Waals surface area (Å²) in [5.41, 5.74) is -0.958. The lowest BCUT2D eigenvalue weighted by Crippen LogP contribution is -2.54. The zero-order valence-electron chi connectivity index (χ0n) is 18.5. The van der Waals surface area contributed by atoms with E-state index in [1.165, 1.54) is 0 Å². The predicted molar refractivity (Wildman–Crippen MR) is 110 cm³/mol. The lowest BCUT2D eigenvalue weighted by Gasteiger charge is -2.43. The summed E-state index contributed by atoms with van der Waals surface area (Å²) in [7, 11) is 0. The van der Waals surface area contributed by atoms with Crippen LogP contribution in [0, 0.1) is 11.3 Å². The number of rotatable bonds is 3. The van der Waals surface area contributed by atoms with Gasteiger partial charge in [-0.05, 0) is 43.9 Å². The summed E-state index contributed by atoms with van der Waals surface area (Å²) >= 11 is 0. The summed E-state index contributed by atoms with van der Waals surface area (Å²) in [4.78, 5) is 55.0. The molecule has 1 spiro atoms. The number of urea groups is 1. The van der Waals surface area contributed by atoms with E-state index >= 15 is 0 Å². The van der Waals surface area contributed by atoms with E-state index < -0.39 is 11.6 Å². The molecular formula is C21H34N4O5. The van der Waals surface area contributed by atoms with Gasteiger partial charge in [-0.25, -0.2) is 9.59 Å². The molecular weight excluding hydrogens is 388 g/mol. The molecule has 3 aliphatic rings. The number of hydrogen-bond acceptors (Lipinski definition) is 5. The highest BCUT2D eigenvalue weighted by atomic mass is 16.6. The van der Waals surface area contributed by atoms with E-state index in [0.717, 1.165) is 11.3 Å². The molecule has 2 heterocycles. The second kappa shape index (κ2) is 8.43. The van der Waals surface area contributed by atoms with Crippen LogP contribution in [0.3, 0.4) is 0 Å². The summed E-state index contributed by atoms with van der Waals surface area (Å²) in [5.74, 6) is -0.249. The van der Waals surface area contributed by atoms with Gasteiger partial charge < -0.3 is 19.9 Å². The molecule has 2 atom stereocenters. The fourth-order valence-electron chi connectivity index (χ4n) is 5.45. The summed E-state index contributed by atoms with van der Waals surface area (Å²) in [6, 6.07) is -0.485. The number of nitrogens with zero attached hydrogens (tertiary/aromatic N) is 3. The number of ether oxygens (including phenoxy) is 1. The molecule has 3 fully saturated rings. The first kappa shape index (κ1) is 22.4. The summed E-state index contributed by atoms with van der Waals surface area (Å²) < 4.78 is 5.04. The van der Waals surface area contributed by atoms with Crippen molar-refractivity contribution in [2.75, 3.05) is 39.3 Å². The second-order valence-corrected chi connectivity index (χ2v) is 9.68. The number of amides is 5. The van der Waals surface area contributed by atoms with Crippen LogP contribution in [0.2, 0.25) is 0 Å². The zero-order chi connectivity index (χ0) is 22.1. The second-order valence-electron chi connectivity index (χ2n) is 9.68. The quantitative estimate of drug-likeness (QED) is 0.700. The molecule has 168 valence electrons. The van der Waals surface area contributed by atoms with Crippen LogP contribution in [-0.2, 0) is 14.3 Å². The molecule has 0 aromatic rings. The van der Waals surface area contributed by atoms with Crippen molar-refractivity contribution in [2.45, 2.75) is 58.9 Å². The third kappa shape index (κ3) is 4.54. The lowest BCUT2D eigenvalue weighted by molar-refractivity contribution is -0.140. The van der Waals surface area contributed by atoms with Gasteiger partial charge in [0, 0.05) is 26.2 Å². The van der Waals surface area contributed by atoms with E-state index in [1.807, 2.05) is 0 Å². The fourth-order valence-corrected chi connectivity index (χ4v) is 5.45. The molecule has 9 nitrogen and oxygen atoms in total. The first-order valence-electron chi connectivity index (χ1n) is 10.9. The van der Waals surface area contributed by atoms with Gasteiger partial charge in [-0.15, -0.1) is 0 Å². The number of carbonyl (C=O) groups is 4. The maximum atomic E-state index is 13.2. The van der Waals surface area contributed by atoms with Crippen LogP contribution in [0.5, 0.6) is 0 Å². The minimum Gasteiger partial charge on any atom is -0.450 e. The Bertz CT molecular complexity index is 724. The van der Waals surface area contributed by atoms with Crippen molar-refractivity contribution < 1.29 is 23.9 Å². The normalized spacial score (nSPS) is 29.1. The zero-order valence-corrected chi connectivity index (χ0v) is 18.5. The van der Waals surface area contributed by atoms with Gasteiger partial charge in [-0.3, -0.25) is 14.5 Å². The molecule has 0 radical (unpaired) electrons. The minimum absolute atomic E-state index is 0.0536. The fraction of sp³-hybridized carbons (Fsp3) is 0.810. The van der Waals surface area contributed by atoms with Crippen LogP contribution >= 0.6 is 0 Å². The highest BCUT2D eigenvalue weighted by Crippen LogP contribution is 2.46. The highest BCUT2D eigenvalue weighted by molar-refractivity contribution is 6.09. The molecule has 1 aliphatic carbocycles. The third-order valence-electron chi connectivity index (χ3n) is 6.29. The Morgan fingerprint density at radius 1 is 1.10 bits per heavy atom. The SMILES string of the molecule is CCOC(=O)N1CCCN(C(=O)CN2C(=O)N[C@@]3(C[C@H](C)CC(C)(C)C3)C2=O)CC1. The Hall–Kier alpha value is -2.32. The van der Waals surface area contributed by atoms with Gasteiger partial charge in [-0.2, -0.15) is 0 Å². The molecule has 1 saturated carbocycles. The highest BCUT2D eigenvalue weighted by Gasteiger charge is 2.56. The molecule has 2 aliphatic heterocycles. The largest absolute Gasteiger partial charge is 0.450 e. The number of carbonyl (C=O) groups excluding carboxylic acids is 4. The average molecular weight is 423 g/mol. The van der Waals surface area contributed by atoms with Gasteiger partial charge in [0.1, 0.15) is 12.1 Å². The summed E-state index contributed by atoms with van der Waals surface area (Å²) in [5, 5.41) is 2.91. The number of hydrogen-bond donors (Lipinski definition) is 1. The number of nitrogens with one attached hydrogen (secondary N) is 1. The van der Waals surface area contributed by atoms with Gasteiger partial charge >= 0.3 is 12.1 Å². The van der Waals surface area contributed by atoms with Crippen molar-refractivity contribution in [3.63, 3.8) is 0 Å². The van der Waals surface area contributed by atoms with Gasteiger partial charge in [0.05, 0.1) is 6.61 Å². The van der Waals surface area contributed by atoms with Gasteiger partial charge in [0.25, 0.3) is 5.91 Å². The number of imide groups is 1. The molecule has 3 rings (SSSR count). The molecule has 2 saturated heterocycles. The molecule has 0 unspecified atom stereocenters. The van der Waals surface area contributed by atoms with Crippen LogP contribution in [0.4, 0.5) is 9.59 Å². The maximum absolute atomic E-state index is 13.2. The van der Waals surface area contributed by atoms with Crippen molar-refractivity contribution in [1.82, 2.24) is 20.0 Å². The van der Waals surface area contributed by atoms with Crippen molar-refractivity contribution in [1.29, 1.82) is 0 Å². The third-order valence-corrected chi connectivity index (χ3v) is 6.29. The monoisotopic (exact) mass is 422 g/mol. The molecule has 30 heavy (non-hydrogen) atoms. The van der Waals surface area contributed by atoms with Gasteiger partial charge in [0.15, 0.2) is 0 Å². The van der Waals surface area contributed by atoms with Gasteiger partial charge in [0.2, 0.25) is 5.91 Å². The van der Waals surface area contributed by atoms with Crippen LogP contribution in [-0.4, -0.2) is 83.5 Å². The van der Waals surface area contributed by atoms with Crippen LogP contribution in [0.25, 0.3) is 0 Å². The van der Waals surface area contributed by atoms with Crippen LogP contribution in [0.15, 0.2) is 0 Å². The molecule has 0 bridgehead atoms. The lowest BCUT2D eigenvalue weighted by atomic mass is 9.64. The van der Waals surface area contributed by atoms with Crippen molar-refractivity contribution in [2.24, 2.45) is 11.3 Å². The van der Waals surface area contributed by atoms with Crippen molar-refractivity contribution in [3.8, 4) is 0 Å². The van der Waals surface area contributed by atoms with E-state index in [1.54, 1.807) is 16.7 Å². The molecule has 0 aromatic heterocycles. The molecule has 5 amide bonds. The van der Waals surface area contributed by atoms with Crippen LogP contribution in [0.1, 0.15) is 53.4 Å². The van der Waals surface area contributed by atoms with E-state index in [-0.39, 0.29) is 29.9 Å². The van der Waals surface area contributed by atoms with E-state index in [9.17, 15) is 19.2 Å². The molecule has 0 aromatic carbocycles. The van der Waals surface area contributed by atoms with E-state index in [0.29, 0.717) is 58.0 Å². The predicted octanol–water partition coefficient (Wildman–Crippen LogP) is 1.81. The standard InChI is InChI=1S/C21H34N4O5/c1-5-30-19(29)24-8-6-7-23(9-10-24)16(26)13-25-17(27)21(22-18(25)28)12-15(2)11-20(3,4)14-21/h15H,5-14H2,1-4H3,(H,22,28)/t15-,21-/m1/s1.